The van der Waals surface area contributed by atoms with Crippen LogP contribution in [0.25, 0.3) is 16.3 Å². The Morgan fingerprint density at radius 1 is 1.07 bits per heavy atom. The number of hydrogen-bond donors (Lipinski definition) is 1. The molecule has 4 aromatic rings. The highest BCUT2D eigenvalue weighted by molar-refractivity contribution is 8.04. The van der Waals surface area contributed by atoms with Crippen LogP contribution in [0.5, 0.6) is 5.75 Å². The normalized spacial score (nSPS) is 15.3. The lowest BCUT2D eigenvalue weighted by Gasteiger charge is -2.20. The number of aromatic nitrogens is 1. The molecule has 3 aromatic carbocycles. The second-order valence-electron chi connectivity index (χ2n) is 9.16. The van der Waals surface area contributed by atoms with Crippen LogP contribution in [0.1, 0.15) is 17.8 Å². The van der Waals surface area contributed by atoms with Crippen LogP contribution < -0.4 is 17.8 Å². The zero-order chi connectivity index (χ0) is 30.1. The highest BCUT2D eigenvalue weighted by Crippen LogP contribution is 2.48. The van der Waals surface area contributed by atoms with E-state index in [1.165, 1.54) is 35.2 Å². The van der Waals surface area contributed by atoms with Crippen LogP contribution in [0.2, 0.25) is 5.02 Å². The van der Waals surface area contributed by atoms with E-state index in [0.29, 0.717) is 23.5 Å². The Bertz CT molecular complexity index is 1910. The first-order chi connectivity index (χ1) is 19.9. The molecule has 1 N–H and O–H groups in total. The molecule has 1 aromatic heterocycles. The van der Waals surface area contributed by atoms with E-state index >= 15 is 0 Å². The standard InChI is InChI=1S/C26H24ClN3O7S5/c1-29-21-16-20(42(35,36)28-40(31)37-19-7-3-2-4-8-19)10-12-23(21)38-25(29)17-26-30(13-5-6-14-41(32,33)34)22-15-18(27)9-11-24(22)39-26/h2-4,7-12,15-17,28H,5-6,13-14H2,1H3. The van der Waals surface area contributed by atoms with Crippen LogP contribution >= 0.6 is 34.7 Å². The molecule has 0 saturated heterocycles. The molecule has 16 heteroatoms. The third-order valence-electron chi connectivity index (χ3n) is 6.21. The number of nitrogens with one attached hydrogen (secondary N) is 1. The Morgan fingerprint density at radius 2 is 1.83 bits per heavy atom. The van der Waals surface area contributed by atoms with Crippen molar-refractivity contribution in [3.8, 4) is 5.75 Å². The molecular formula is C26H24ClN3O7S5. The number of fused-ring (bicyclic) bond motifs is 2. The lowest BCUT2D eigenvalue weighted by molar-refractivity contribution is -0.642. The van der Waals surface area contributed by atoms with E-state index in [-0.39, 0.29) is 17.1 Å². The number of anilines is 1. The fraction of sp³-hybridized carbons (Fsp3) is 0.192. The van der Waals surface area contributed by atoms with E-state index in [4.69, 9.17) is 15.8 Å². The number of sulfonamides is 1. The minimum Gasteiger partial charge on any atom is -0.748 e. The Morgan fingerprint density at radius 3 is 2.57 bits per heavy atom. The van der Waals surface area contributed by atoms with Crippen LogP contribution in [-0.2, 0) is 38.5 Å². The first-order valence-electron chi connectivity index (χ1n) is 12.4. The predicted molar refractivity (Wildman–Crippen MR) is 165 cm³/mol. The van der Waals surface area contributed by atoms with Gasteiger partial charge in [-0.3, -0.25) is 0 Å². The molecule has 0 spiro atoms. The third-order valence-corrected chi connectivity index (χ3v) is 12.1. The van der Waals surface area contributed by atoms with Gasteiger partial charge < -0.3 is 13.6 Å². The van der Waals surface area contributed by atoms with Gasteiger partial charge in [0.15, 0.2) is 0 Å². The first kappa shape index (κ1) is 30.9. The highest BCUT2D eigenvalue weighted by Gasteiger charge is 2.28. The van der Waals surface area contributed by atoms with Crippen molar-refractivity contribution in [1.82, 2.24) is 4.13 Å². The van der Waals surface area contributed by atoms with Gasteiger partial charge in [-0.05, 0) is 55.3 Å². The van der Waals surface area contributed by atoms with E-state index in [9.17, 15) is 25.6 Å². The molecule has 42 heavy (non-hydrogen) atoms. The average molecular weight is 686 g/mol. The molecule has 0 aliphatic carbocycles. The molecule has 0 amide bonds. The Balaban J connectivity index is 1.40. The Hall–Kier alpha value is -2.50. The van der Waals surface area contributed by atoms with Gasteiger partial charge in [0, 0.05) is 28.3 Å². The van der Waals surface area contributed by atoms with Crippen molar-refractivity contribution in [1.29, 1.82) is 0 Å². The summed E-state index contributed by atoms with van der Waals surface area (Å²) >= 11 is 6.92. The zero-order valence-electron chi connectivity index (χ0n) is 21.9. The minimum absolute atomic E-state index is 0.0696. The van der Waals surface area contributed by atoms with Gasteiger partial charge in [0.1, 0.15) is 17.5 Å². The fourth-order valence-corrected chi connectivity index (χ4v) is 9.23. The number of halogens is 1. The monoisotopic (exact) mass is 685 g/mol. The molecule has 1 atom stereocenters. The summed E-state index contributed by atoms with van der Waals surface area (Å²) in [5.74, 6) is -0.165. The number of hydrogen-bond acceptors (Lipinski definition) is 10. The van der Waals surface area contributed by atoms with Crippen molar-refractivity contribution in [3.63, 3.8) is 0 Å². The van der Waals surface area contributed by atoms with Gasteiger partial charge in [-0.15, -0.1) is 0 Å². The summed E-state index contributed by atoms with van der Waals surface area (Å²) in [6, 6.07) is 18.4. The molecule has 2 heterocycles. The summed E-state index contributed by atoms with van der Waals surface area (Å²) in [7, 11) is -6.63. The largest absolute Gasteiger partial charge is 0.748 e. The number of nitrogens with zero attached hydrogens (tertiary/aromatic N) is 2. The van der Waals surface area contributed by atoms with Gasteiger partial charge in [-0.1, -0.05) is 57.0 Å². The second-order valence-corrected chi connectivity index (χ2v) is 16.0. The average Bonchev–Trinajstić information content (AvgIpc) is 3.42. The molecule has 1 aliphatic heterocycles. The van der Waals surface area contributed by atoms with Gasteiger partial charge in [-0.25, -0.2) is 16.8 Å². The summed E-state index contributed by atoms with van der Waals surface area (Å²) in [5, 5.41) is 2.27. The van der Waals surface area contributed by atoms with Crippen LogP contribution in [0.4, 0.5) is 5.69 Å². The molecule has 1 unspecified atom stereocenters. The van der Waals surface area contributed by atoms with E-state index in [0.717, 1.165) is 25.3 Å². The van der Waals surface area contributed by atoms with E-state index in [1.807, 2.05) is 34.7 Å². The predicted octanol–water partition coefficient (Wildman–Crippen LogP) is 4.55. The number of unbranched alkanes of at least 4 members (excludes halogenated alkanes) is 1. The molecule has 0 saturated carbocycles. The van der Waals surface area contributed by atoms with Crippen molar-refractivity contribution < 1.29 is 34.3 Å². The van der Waals surface area contributed by atoms with Gasteiger partial charge in [0.2, 0.25) is 5.52 Å². The minimum atomic E-state index is -4.29. The lowest BCUT2D eigenvalue weighted by atomic mass is 10.2. The van der Waals surface area contributed by atoms with E-state index in [2.05, 4.69) is 4.13 Å². The maximum atomic E-state index is 13.0. The molecule has 222 valence electrons. The van der Waals surface area contributed by atoms with Crippen molar-refractivity contribution in [2.24, 2.45) is 7.05 Å². The Labute approximate surface area is 259 Å². The van der Waals surface area contributed by atoms with E-state index in [1.54, 1.807) is 42.5 Å². The molecule has 10 nitrogen and oxygen atoms in total. The summed E-state index contributed by atoms with van der Waals surface area (Å²) in [6.45, 7) is 0.479. The number of thioether (sulfide) groups is 1. The maximum Gasteiger partial charge on any atom is 0.302 e. The van der Waals surface area contributed by atoms with Crippen LogP contribution in [0.3, 0.4) is 0 Å². The molecule has 0 fully saturated rings. The van der Waals surface area contributed by atoms with Gasteiger partial charge >= 0.3 is 11.3 Å². The summed E-state index contributed by atoms with van der Waals surface area (Å²) in [4.78, 5) is 2.95. The molecule has 0 radical (unpaired) electrons. The highest BCUT2D eigenvalue weighted by atomic mass is 35.5. The Kier molecular flexibility index (Phi) is 9.30. The van der Waals surface area contributed by atoms with Crippen LogP contribution in [0, 0.1) is 0 Å². The number of aryl methyl sites for hydroxylation is 1. The SMILES string of the molecule is C[n+]1c(C=C2Sc3ccc(Cl)cc3N2CCCCS(=O)(=O)[O-])sc2ccc(S(=O)(=O)NS(=O)Oc3ccccc3)cc21. The summed E-state index contributed by atoms with van der Waals surface area (Å²) in [5.41, 5.74) is 1.54. The van der Waals surface area contributed by atoms with Gasteiger partial charge in [0.05, 0.1) is 31.8 Å². The fourth-order valence-electron chi connectivity index (χ4n) is 4.22. The van der Waals surface area contributed by atoms with E-state index < -0.39 is 37.2 Å². The van der Waals surface area contributed by atoms with Gasteiger partial charge in [0.25, 0.3) is 15.0 Å². The molecule has 0 bridgehead atoms. The zero-order valence-corrected chi connectivity index (χ0v) is 26.8. The number of benzene rings is 3. The quantitative estimate of drug-likeness (QED) is 0.137. The molecule has 1 aliphatic rings. The van der Waals surface area contributed by atoms with Crippen LogP contribution in [0.15, 0.2) is 81.6 Å². The first-order valence-corrected chi connectivity index (χ1v) is 18.5. The molecular weight excluding hydrogens is 662 g/mol. The third kappa shape index (κ3) is 7.34. The van der Waals surface area contributed by atoms with Crippen LogP contribution in [-0.4, -0.2) is 37.9 Å². The summed E-state index contributed by atoms with van der Waals surface area (Å²) in [6.07, 6.45) is 2.69. The summed E-state index contributed by atoms with van der Waals surface area (Å²) < 4.78 is 81.4. The van der Waals surface area contributed by atoms with Crippen molar-refractivity contribution in [2.75, 3.05) is 17.2 Å². The second kappa shape index (κ2) is 12.6. The number of rotatable bonds is 11. The maximum absolute atomic E-state index is 13.0. The topological polar surface area (TPSA) is 137 Å². The van der Waals surface area contributed by atoms with Crippen molar-refractivity contribution in [2.45, 2.75) is 22.6 Å². The van der Waals surface area contributed by atoms with Crippen molar-refractivity contribution in [3.05, 3.63) is 81.8 Å². The number of thiazole rings is 1. The van der Waals surface area contributed by atoms with Gasteiger partial charge in [-0.2, -0.15) is 8.78 Å². The van der Waals surface area contributed by atoms with Crippen molar-refractivity contribution >= 4 is 88.1 Å². The smallest absolute Gasteiger partial charge is 0.302 e. The number of para-hydroxylation sites is 1. The molecule has 5 rings (SSSR count). The lowest BCUT2D eigenvalue weighted by Crippen LogP contribution is -2.31.